The lowest BCUT2D eigenvalue weighted by Gasteiger charge is -2.40. The van der Waals surface area contributed by atoms with E-state index in [1.54, 1.807) is 7.11 Å². The van der Waals surface area contributed by atoms with Crippen molar-refractivity contribution in [1.82, 2.24) is 0 Å². The van der Waals surface area contributed by atoms with Crippen LogP contribution in [0.3, 0.4) is 0 Å². The molecule has 0 N–H and O–H groups in total. The number of ether oxygens (including phenoxy) is 3. The second kappa shape index (κ2) is 4.61. The van der Waals surface area contributed by atoms with E-state index in [1.807, 2.05) is 26.0 Å². The SMILES string of the molecule is COC(=O)C1(c2cc(C)cc(C)c2OC)COC1. The van der Waals surface area contributed by atoms with Gasteiger partial charge in [-0.25, -0.2) is 0 Å². The number of methoxy groups -OCH3 is 2. The first-order valence-electron chi connectivity index (χ1n) is 5.87. The summed E-state index contributed by atoms with van der Waals surface area (Å²) < 4.78 is 15.6. The minimum Gasteiger partial charge on any atom is -0.496 e. The van der Waals surface area contributed by atoms with Crippen molar-refractivity contribution in [2.75, 3.05) is 27.4 Å². The quantitative estimate of drug-likeness (QED) is 0.767. The van der Waals surface area contributed by atoms with Crippen LogP contribution in [0.1, 0.15) is 16.7 Å². The Morgan fingerprint density at radius 1 is 1.28 bits per heavy atom. The van der Waals surface area contributed by atoms with Crippen LogP contribution in [0, 0.1) is 13.8 Å². The van der Waals surface area contributed by atoms with Crippen LogP contribution in [0.4, 0.5) is 0 Å². The van der Waals surface area contributed by atoms with Crippen molar-refractivity contribution >= 4 is 5.97 Å². The number of carbonyl (C=O) groups excluding carboxylic acids is 1. The highest BCUT2D eigenvalue weighted by atomic mass is 16.5. The molecule has 4 nitrogen and oxygen atoms in total. The molecule has 0 radical (unpaired) electrons. The third-order valence-corrected chi connectivity index (χ3v) is 3.41. The normalized spacial score (nSPS) is 16.9. The van der Waals surface area contributed by atoms with Crippen molar-refractivity contribution in [1.29, 1.82) is 0 Å². The van der Waals surface area contributed by atoms with Gasteiger partial charge in [0.2, 0.25) is 0 Å². The Kier molecular flexibility index (Phi) is 3.30. The summed E-state index contributed by atoms with van der Waals surface area (Å²) in [5.41, 5.74) is 2.26. The first-order valence-corrected chi connectivity index (χ1v) is 5.87. The van der Waals surface area contributed by atoms with E-state index in [9.17, 15) is 4.79 Å². The number of hydrogen-bond donors (Lipinski definition) is 0. The van der Waals surface area contributed by atoms with Crippen molar-refractivity contribution in [3.05, 3.63) is 28.8 Å². The fourth-order valence-electron chi connectivity index (χ4n) is 2.47. The molecule has 1 saturated heterocycles. The highest BCUT2D eigenvalue weighted by molar-refractivity contribution is 5.86. The van der Waals surface area contributed by atoms with Crippen LogP contribution < -0.4 is 4.74 Å². The standard InChI is InChI=1S/C14H18O4/c1-9-5-10(2)12(16-3)11(6-9)14(7-18-8-14)13(15)17-4/h5-6H,7-8H2,1-4H3. The molecule has 0 atom stereocenters. The molecular weight excluding hydrogens is 232 g/mol. The summed E-state index contributed by atoms with van der Waals surface area (Å²) in [5, 5.41) is 0. The van der Waals surface area contributed by atoms with Gasteiger partial charge in [-0.3, -0.25) is 4.79 Å². The van der Waals surface area contributed by atoms with Crippen LogP contribution in [0.2, 0.25) is 0 Å². The van der Waals surface area contributed by atoms with Crippen LogP contribution in [0.25, 0.3) is 0 Å². The molecule has 0 unspecified atom stereocenters. The van der Waals surface area contributed by atoms with Crippen molar-refractivity contribution < 1.29 is 19.0 Å². The van der Waals surface area contributed by atoms with E-state index in [0.717, 1.165) is 22.4 Å². The topological polar surface area (TPSA) is 44.8 Å². The maximum absolute atomic E-state index is 12.0. The number of benzene rings is 1. The smallest absolute Gasteiger partial charge is 0.321 e. The van der Waals surface area contributed by atoms with E-state index in [4.69, 9.17) is 14.2 Å². The van der Waals surface area contributed by atoms with E-state index in [2.05, 4.69) is 0 Å². The van der Waals surface area contributed by atoms with Gasteiger partial charge in [-0.05, 0) is 19.4 Å². The van der Waals surface area contributed by atoms with Gasteiger partial charge in [0.25, 0.3) is 0 Å². The molecule has 1 fully saturated rings. The second-order valence-electron chi connectivity index (χ2n) is 4.73. The molecule has 0 bridgehead atoms. The summed E-state index contributed by atoms with van der Waals surface area (Å²) in [6.45, 7) is 4.66. The first-order chi connectivity index (χ1) is 8.55. The molecule has 1 heterocycles. The Labute approximate surface area is 107 Å². The first kappa shape index (κ1) is 12.9. The zero-order chi connectivity index (χ0) is 13.3. The van der Waals surface area contributed by atoms with E-state index in [1.165, 1.54) is 7.11 Å². The highest BCUT2D eigenvalue weighted by Crippen LogP contribution is 2.41. The molecule has 1 aliphatic heterocycles. The van der Waals surface area contributed by atoms with Crippen LogP contribution in [0.5, 0.6) is 5.75 Å². The van der Waals surface area contributed by atoms with E-state index < -0.39 is 5.41 Å². The molecular formula is C14H18O4. The molecule has 1 aromatic carbocycles. The average molecular weight is 250 g/mol. The molecule has 0 amide bonds. The summed E-state index contributed by atoms with van der Waals surface area (Å²) in [4.78, 5) is 12.0. The lowest BCUT2D eigenvalue weighted by molar-refractivity contribution is -0.166. The van der Waals surface area contributed by atoms with Gasteiger partial charge in [-0.2, -0.15) is 0 Å². The molecule has 1 aromatic rings. The average Bonchev–Trinajstić information content (AvgIpc) is 2.26. The van der Waals surface area contributed by atoms with Crippen molar-refractivity contribution in [2.24, 2.45) is 0 Å². The van der Waals surface area contributed by atoms with E-state index in [0.29, 0.717) is 13.2 Å². The molecule has 0 spiro atoms. The van der Waals surface area contributed by atoms with Gasteiger partial charge in [0.05, 0.1) is 27.4 Å². The van der Waals surface area contributed by atoms with Crippen molar-refractivity contribution in [2.45, 2.75) is 19.3 Å². The second-order valence-corrected chi connectivity index (χ2v) is 4.73. The summed E-state index contributed by atoms with van der Waals surface area (Å²) in [5.74, 6) is 0.478. The minimum absolute atomic E-state index is 0.267. The Balaban J connectivity index is 2.58. The van der Waals surface area contributed by atoms with Crippen molar-refractivity contribution in [3.63, 3.8) is 0 Å². The van der Waals surface area contributed by atoms with Crippen LogP contribution in [-0.4, -0.2) is 33.4 Å². The maximum atomic E-state index is 12.0. The largest absolute Gasteiger partial charge is 0.496 e. The Morgan fingerprint density at radius 3 is 2.39 bits per heavy atom. The third-order valence-electron chi connectivity index (χ3n) is 3.41. The number of rotatable bonds is 3. The Hall–Kier alpha value is -1.55. The monoisotopic (exact) mass is 250 g/mol. The molecule has 0 aromatic heterocycles. The van der Waals surface area contributed by atoms with Gasteiger partial charge >= 0.3 is 5.97 Å². The predicted octanol–water partition coefficient (Wildman–Crippen LogP) is 1.75. The van der Waals surface area contributed by atoms with Gasteiger partial charge in [0.1, 0.15) is 11.2 Å². The van der Waals surface area contributed by atoms with Crippen LogP contribution in [0.15, 0.2) is 12.1 Å². The number of esters is 1. The summed E-state index contributed by atoms with van der Waals surface area (Å²) in [7, 11) is 3.02. The minimum atomic E-state index is -0.711. The Morgan fingerprint density at radius 2 is 1.94 bits per heavy atom. The molecule has 98 valence electrons. The Bertz CT molecular complexity index is 475. The van der Waals surface area contributed by atoms with Crippen molar-refractivity contribution in [3.8, 4) is 5.75 Å². The zero-order valence-electron chi connectivity index (χ0n) is 11.2. The van der Waals surface area contributed by atoms with E-state index in [-0.39, 0.29) is 5.97 Å². The summed E-state index contributed by atoms with van der Waals surface area (Å²) in [6.07, 6.45) is 0. The fraction of sp³-hybridized carbons (Fsp3) is 0.500. The molecule has 1 aliphatic rings. The molecule has 0 saturated carbocycles. The molecule has 4 heteroatoms. The number of aryl methyl sites for hydroxylation is 2. The lowest BCUT2D eigenvalue weighted by atomic mass is 9.77. The van der Waals surface area contributed by atoms with Gasteiger partial charge < -0.3 is 14.2 Å². The van der Waals surface area contributed by atoms with Gasteiger partial charge in [-0.15, -0.1) is 0 Å². The maximum Gasteiger partial charge on any atom is 0.321 e. The molecule has 2 rings (SSSR count). The zero-order valence-corrected chi connectivity index (χ0v) is 11.2. The summed E-state index contributed by atoms with van der Waals surface area (Å²) in [6, 6.07) is 4.01. The summed E-state index contributed by atoms with van der Waals surface area (Å²) >= 11 is 0. The lowest BCUT2D eigenvalue weighted by Crippen LogP contribution is -2.53. The van der Waals surface area contributed by atoms with Crippen LogP contribution >= 0.6 is 0 Å². The fourth-order valence-corrected chi connectivity index (χ4v) is 2.47. The van der Waals surface area contributed by atoms with Crippen LogP contribution in [-0.2, 0) is 19.7 Å². The number of carbonyl (C=O) groups is 1. The molecule has 18 heavy (non-hydrogen) atoms. The number of hydrogen-bond acceptors (Lipinski definition) is 4. The third kappa shape index (κ3) is 1.77. The van der Waals surface area contributed by atoms with Gasteiger partial charge in [0, 0.05) is 5.56 Å². The predicted molar refractivity (Wildman–Crippen MR) is 67.0 cm³/mol. The van der Waals surface area contributed by atoms with Gasteiger partial charge in [-0.1, -0.05) is 17.7 Å². The van der Waals surface area contributed by atoms with Gasteiger partial charge in [0.15, 0.2) is 0 Å². The van der Waals surface area contributed by atoms with E-state index >= 15 is 0 Å². The highest BCUT2D eigenvalue weighted by Gasteiger charge is 2.50. The molecule has 0 aliphatic carbocycles.